The van der Waals surface area contributed by atoms with Crippen molar-refractivity contribution in [2.75, 3.05) is 13.7 Å². The van der Waals surface area contributed by atoms with Gasteiger partial charge in [-0.25, -0.2) is 0 Å². The van der Waals surface area contributed by atoms with Crippen molar-refractivity contribution in [3.63, 3.8) is 0 Å². The number of rotatable bonds is 6. The van der Waals surface area contributed by atoms with E-state index in [-0.39, 0.29) is 11.9 Å². The first kappa shape index (κ1) is 15.9. The highest BCUT2D eigenvalue weighted by Crippen LogP contribution is 2.19. The van der Waals surface area contributed by atoms with Gasteiger partial charge < -0.3 is 14.1 Å². The fourth-order valence-electron chi connectivity index (χ4n) is 2.04. The average Bonchev–Trinajstić information content (AvgIpc) is 3.07. The fraction of sp³-hybridized carbons (Fsp3) is 0.278. The smallest absolute Gasteiger partial charge is 0.246 e. The lowest BCUT2D eigenvalue weighted by molar-refractivity contribution is -0.126. The summed E-state index contributed by atoms with van der Waals surface area (Å²) in [6, 6.07) is 11.2. The van der Waals surface area contributed by atoms with Crippen LogP contribution in [0, 0.1) is 0 Å². The number of carbonyl (C=O) groups excluding carboxylic acids is 1. The number of ether oxygens (including phenoxy) is 1. The second-order valence-corrected chi connectivity index (χ2v) is 4.98. The Morgan fingerprint density at radius 1 is 1.32 bits per heavy atom. The van der Waals surface area contributed by atoms with E-state index in [9.17, 15) is 4.79 Å². The Morgan fingerprint density at radius 2 is 2.05 bits per heavy atom. The normalized spacial score (nSPS) is 12.3. The first-order chi connectivity index (χ1) is 10.6. The minimum Gasteiger partial charge on any atom is -0.494 e. The van der Waals surface area contributed by atoms with Gasteiger partial charge in [0, 0.05) is 13.1 Å². The Bertz CT molecular complexity index is 614. The maximum absolute atomic E-state index is 12.2. The molecular weight excluding hydrogens is 278 g/mol. The SMILES string of the molecule is CCOc1ccc(/C=C/C(=O)N(C)C(C)c2ccco2)cc1. The lowest BCUT2D eigenvalue weighted by atomic mass is 10.2. The lowest BCUT2D eigenvalue weighted by Gasteiger charge is -2.21. The summed E-state index contributed by atoms with van der Waals surface area (Å²) in [6.45, 7) is 4.52. The predicted molar refractivity (Wildman–Crippen MR) is 86.5 cm³/mol. The largest absolute Gasteiger partial charge is 0.494 e. The van der Waals surface area contributed by atoms with Gasteiger partial charge in [0.15, 0.2) is 0 Å². The van der Waals surface area contributed by atoms with Crippen LogP contribution in [-0.4, -0.2) is 24.5 Å². The molecule has 1 aromatic carbocycles. The van der Waals surface area contributed by atoms with E-state index in [0.717, 1.165) is 17.1 Å². The number of benzene rings is 1. The van der Waals surface area contributed by atoms with E-state index in [4.69, 9.17) is 9.15 Å². The minimum absolute atomic E-state index is 0.0715. The van der Waals surface area contributed by atoms with Crippen molar-refractivity contribution in [3.8, 4) is 5.75 Å². The standard InChI is InChI=1S/C18H21NO3/c1-4-21-16-10-7-15(8-11-16)9-12-18(20)19(3)14(2)17-6-5-13-22-17/h5-14H,4H2,1-3H3/b12-9+. The molecule has 1 heterocycles. The second kappa shape index (κ2) is 7.50. The van der Waals surface area contributed by atoms with Crippen LogP contribution in [-0.2, 0) is 4.79 Å². The van der Waals surface area contributed by atoms with E-state index in [0.29, 0.717) is 6.61 Å². The van der Waals surface area contributed by atoms with Gasteiger partial charge >= 0.3 is 0 Å². The number of amides is 1. The molecule has 0 saturated heterocycles. The second-order valence-electron chi connectivity index (χ2n) is 4.98. The molecule has 116 valence electrons. The molecule has 1 aromatic heterocycles. The van der Waals surface area contributed by atoms with Crippen LogP contribution in [0.2, 0.25) is 0 Å². The molecule has 1 atom stereocenters. The van der Waals surface area contributed by atoms with Crippen LogP contribution in [0.4, 0.5) is 0 Å². The third-order valence-electron chi connectivity index (χ3n) is 3.49. The maximum atomic E-state index is 12.2. The summed E-state index contributed by atoms with van der Waals surface area (Å²) in [7, 11) is 1.76. The molecule has 22 heavy (non-hydrogen) atoms. The summed E-state index contributed by atoms with van der Waals surface area (Å²) in [4.78, 5) is 13.8. The summed E-state index contributed by atoms with van der Waals surface area (Å²) < 4.78 is 10.7. The van der Waals surface area contributed by atoms with E-state index in [2.05, 4.69) is 0 Å². The van der Waals surface area contributed by atoms with E-state index in [1.807, 2.05) is 50.2 Å². The number of hydrogen-bond acceptors (Lipinski definition) is 3. The monoisotopic (exact) mass is 299 g/mol. The molecule has 2 aromatic rings. The molecule has 0 aliphatic carbocycles. The fourth-order valence-corrected chi connectivity index (χ4v) is 2.04. The number of furan rings is 1. The van der Waals surface area contributed by atoms with Gasteiger partial charge in [-0.1, -0.05) is 12.1 Å². The van der Waals surface area contributed by atoms with Crippen LogP contribution in [0.1, 0.15) is 31.2 Å². The van der Waals surface area contributed by atoms with Crippen molar-refractivity contribution in [2.24, 2.45) is 0 Å². The number of carbonyl (C=O) groups is 1. The van der Waals surface area contributed by atoms with Crippen molar-refractivity contribution in [2.45, 2.75) is 19.9 Å². The minimum atomic E-state index is -0.104. The summed E-state index contributed by atoms with van der Waals surface area (Å²) in [6.07, 6.45) is 4.97. The molecule has 0 fully saturated rings. The molecule has 0 bridgehead atoms. The third kappa shape index (κ3) is 4.01. The highest BCUT2D eigenvalue weighted by atomic mass is 16.5. The molecule has 2 rings (SSSR count). The van der Waals surface area contributed by atoms with Crippen molar-refractivity contribution in [1.29, 1.82) is 0 Å². The number of hydrogen-bond donors (Lipinski definition) is 0. The topological polar surface area (TPSA) is 42.7 Å². The zero-order valence-corrected chi connectivity index (χ0v) is 13.2. The van der Waals surface area contributed by atoms with Gasteiger partial charge in [-0.05, 0) is 49.8 Å². The van der Waals surface area contributed by atoms with Gasteiger partial charge in [0.2, 0.25) is 5.91 Å². The van der Waals surface area contributed by atoms with Gasteiger partial charge in [-0.2, -0.15) is 0 Å². The molecule has 4 heteroatoms. The first-order valence-corrected chi connectivity index (χ1v) is 7.33. The van der Waals surface area contributed by atoms with Crippen LogP contribution in [0.3, 0.4) is 0 Å². The number of nitrogens with zero attached hydrogens (tertiary/aromatic N) is 1. The van der Waals surface area contributed by atoms with E-state index in [1.54, 1.807) is 30.4 Å². The highest BCUT2D eigenvalue weighted by molar-refractivity contribution is 5.91. The Kier molecular flexibility index (Phi) is 5.42. The predicted octanol–water partition coefficient (Wildman–Crippen LogP) is 3.91. The Hall–Kier alpha value is -2.49. The van der Waals surface area contributed by atoms with Gasteiger partial charge in [0.25, 0.3) is 0 Å². The van der Waals surface area contributed by atoms with Crippen molar-refractivity contribution in [3.05, 3.63) is 60.1 Å². The van der Waals surface area contributed by atoms with Crippen molar-refractivity contribution < 1.29 is 13.9 Å². The highest BCUT2D eigenvalue weighted by Gasteiger charge is 2.17. The summed E-state index contributed by atoms with van der Waals surface area (Å²) >= 11 is 0. The lowest BCUT2D eigenvalue weighted by Crippen LogP contribution is -2.27. The van der Waals surface area contributed by atoms with Crippen LogP contribution in [0.15, 0.2) is 53.2 Å². The van der Waals surface area contributed by atoms with Crippen LogP contribution < -0.4 is 4.74 Å². The number of likely N-dealkylation sites (N-methyl/N-ethyl adjacent to an activating group) is 1. The Labute approximate surface area is 131 Å². The zero-order chi connectivity index (χ0) is 15.9. The van der Waals surface area contributed by atoms with Gasteiger partial charge in [-0.15, -0.1) is 0 Å². The summed E-state index contributed by atoms with van der Waals surface area (Å²) in [5.74, 6) is 1.53. The summed E-state index contributed by atoms with van der Waals surface area (Å²) in [5, 5.41) is 0. The molecule has 0 radical (unpaired) electrons. The summed E-state index contributed by atoms with van der Waals surface area (Å²) in [5.41, 5.74) is 0.954. The Morgan fingerprint density at radius 3 is 2.64 bits per heavy atom. The van der Waals surface area contributed by atoms with E-state index < -0.39 is 0 Å². The molecule has 0 spiro atoms. The molecule has 0 aliphatic heterocycles. The van der Waals surface area contributed by atoms with Gasteiger partial charge in [0.05, 0.1) is 18.9 Å². The quantitative estimate of drug-likeness (QED) is 0.759. The van der Waals surface area contributed by atoms with E-state index in [1.165, 1.54) is 0 Å². The van der Waals surface area contributed by atoms with Crippen molar-refractivity contribution in [1.82, 2.24) is 4.90 Å². The molecule has 0 aliphatic rings. The van der Waals surface area contributed by atoms with Crippen LogP contribution in [0.25, 0.3) is 6.08 Å². The zero-order valence-electron chi connectivity index (χ0n) is 13.2. The van der Waals surface area contributed by atoms with Gasteiger partial charge in [-0.3, -0.25) is 4.79 Å². The van der Waals surface area contributed by atoms with Crippen LogP contribution >= 0.6 is 0 Å². The molecule has 1 amide bonds. The third-order valence-corrected chi connectivity index (χ3v) is 3.49. The molecule has 1 unspecified atom stereocenters. The van der Waals surface area contributed by atoms with Crippen molar-refractivity contribution >= 4 is 12.0 Å². The Balaban J connectivity index is 1.98. The molecule has 0 N–H and O–H groups in total. The van der Waals surface area contributed by atoms with E-state index >= 15 is 0 Å². The molecule has 0 saturated carbocycles. The van der Waals surface area contributed by atoms with Crippen LogP contribution in [0.5, 0.6) is 5.75 Å². The molecule has 4 nitrogen and oxygen atoms in total. The molecular formula is C18H21NO3. The van der Waals surface area contributed by atoms with Gasteiger partial charge in [0.1, 0.15) is 11.5 Å². The first-order valence-electron chi connectivity index (χ1n) is 7.33. The maximum Gasteiger partial charge on any atom is 0.246 e. The average molecular weight is 299 g/mol.